The molecule has 0 radical (unpaired) electrons. The summed E-state index contributed by atoms with van der Waals surface area (Å²) in [6.45, 7) is 0.679. The zero-order chi connectivity index (χ0) is 20.1. The van der Waals surface area contributed by atoms with Crippen LogP contribution < -0.4 is 19.1 Å². The van der Waals surface area contributed by atoms with Crippen LogP contribution in [0, 0.1) is 0 Å². The predicted molar refractivity (Wildman–Crippen MR) is 107 cm³/mol. The molecule has 0 unspecified atom stereocenters. The van der Waals surface area contributed by atoms with Crippen LogP contribution in [0.5, 0.6) is 17.2 Å². The Hall–Kier alpha value is -3.19. The number of benzene rings is 2. The van der Waals surface area contributed by atoms with Crippen molar-refractivity contribution in [1.82, 2.24) is 5.16 Å². The molecule has 2 aromatic carbocycles. The predicted octanol–water partition coefficient (Wildman–Crippen LogP) is 3.46. The lowest BCUT2D eigenvalue weighted by molar-refractivity contribution is 0.304. The summed E-state index contributed by atoms with van der Waals surface area (Å²) >= 11 is 0. The van der Waals surface area contributed by atoms with Crippen LogP contribution in [-0.2, 0) is 0 Å². The molecule has 0 spiro atoms. The van der Waals surface area contributed by atoms with Crippen LogP contribution in [0.3, 0.4) is 0 Å². The Morgan fingerprint density at radius 1 is 0.964 bits per heavy atom. The monoisotopic (exact) mass is 384 g/mol. The average molecular weight is 384 g/mol. The fourth-order valence-corrected chi connectivity index (χ4v) is 3.04. The fourth-order valence-electron chi connectivity index (χ4n) is 3.04. The molecule has 0 atom stereocenters. The van der Waals surface area contributed by atoms with Gasteiger partial charge in [-0.1, -0.05) is 17.3 Å². The third kappa shape index (κ3) is 3.75. The van der Waals surface area contributed by atoms with E-state index in [0.717, 1.165) is 22.4 Å². The second kappa shape index (κ2) is 8.67. The van der Waals surface area contributed by atoms with E-state index in [1.54, 1.807) is 27.5 Å². The molecule has 0 aliphatic carbocycles. The largest absolute Gasteiger partial charge is 0.493 e. The Morgan fingerprint density at radius 2 is 1.61 bits per heavy atom. The molecule has 7 heteroatoms. The van der Waals surface area contributed by atoms with Crippen LogP contribution in [0.1, 0.15) is 0 Å². The number of nitrogens with zero attached hydrogens (tertiary/aromatic N) is 2. The summed E-state index contributed by atoms with van der Waals surface area (Å²) in [4.78, 5) is 1.98. The SMILES string of the molecule is COc1cc(-c2oncc2-c2ccc(N(C)CCO)cc2)cc(OC)c1OC. The molecular formula is C21H24N2O5. The molecule has 0 aliphatic heterocycles. The minimum Gasteiger partial charge on any atom is -0.493 e. The van der Waals surface area contributed by atoms with Crippen LogP contribution in [0.25, 0.3) is 22.5 Å². The van der Waals surface area contributed by atoms with Gasteiger partial charge in [0.2, 0.25) is 5.75 Å². The molecular weight excluding hydrogens is 360 g/mol. The number of hydrogen-bond acceptors (Lipinski definition) is 7. The van der Waals surface area contributed by atoms with Crippen LogP contribution in [0.4, 0.5) is 5.69 Å². The molecule has 28 heavy (non-hydrogen) atoms. The van der Waals surface area contributed by atoms with Gasteiger partial charge in [0.05, 0.1) is 34.1 Å². The van der Waals surface area contributed by atoms with Gasteiger partial charge in [-0.2, -0.15) is 0 Å². The van der Waals surface area contributed by atoms with Gasteiger partial charge in [0, 0.05) is 30.4 Å². The third-order valence-electron chi connectivity index (χ3n) is 4.55. The first-order chi connectivity index (χ1) is 13.6. The Morgan fingerprint density at radius 3 is 2.14 bits per heavy atom. The zero-order valence-corrected chi connectivity index (χ0v) is 16.4. The van der Waals surface area contributed by atoms with Crippen molar-refractivity contribution in [3.63, 3.8) is 0 Å². The summed E-state index contributed by atoms with van der Waals surface area (Å²) in [7, 11) is 6.65. The van der Waals surface area contributed by atoms with Crippen molar-refractivity contribution < 1.29 is 23.8 Å². The molecule has 0 fully saturated rings. The van der Waals surface area contributed by atoms with Gasteiger partial charge in [-0.3, -0.25) is 0 Å². The highest BCUT2D eigenvalue weighted by Crippen LogP contribution is 2.43. The lowest BCUT2D eigenvalue weighted by Gasteiger charge is -2.18. The van der Waals surface area contributed by atoms with Crippen molar-refractivity contribution in [2.45, 2.75) is 0 Å². The minimum atomic E-state index is 0.106. The fraction of sp³-hybridized carbons (Fsp3) is 0.286. The van der Waals surface area contributed by atoms with E-state index in [4.69, 9.17) is 23.8 Å². The smallest absolute Gasteiger partial charge is 0.203 e. The number of anilines is 1. The maximum Gasteiger partial charge on any atom is 0.203 e. The van der Waals surface area contributed by atoms with Crippen LogP contribution in [-0.4, -0.2) is 51.8 Å². The van der Waals surface area contributed by atoms with Crippen molar-refractivity contribution >= 4 is 5.69 Å². The van der Waals surface area contributed by atoms with Gasteiger partial charge < -0.3 is 28.7 Å². The van der Waals surface area contributed by atoms with E-state index in [-0.39, 0.29) is 6.61 Å². The molecule has 7 nitrogen and oxygen atoms in total. The highest BCUT2D eigenvalue weighted by molar-refractivity contribution is 5.81. The molecule has 0 aliphatic rings. The molecule has 0 bridgehead atoms. The first-order valence-corrected chi connectivity index (χ1v) is 8.80. The van der Waals surface area contributed by atoms with E-state index >= 15 is 0 Å². The average Bonchev–Trinajstić information content (AvgIpc) is 3.22. The van der Waals surface area contributed by atoms with Gasteiger partial charge in [0.25, 0.3) is 0 Å². The summed E-state index contributed by atoms with van der Waals surface area (Å²) in [5.41, 5.74) is 3.60. The maximum absolute atomic E-state index is 9.10. The molecule has 3 aromatic rings. The Bertz CT molecular complexity index is 896. The number of aliphatic hydroxyl groups excluding tert-OH is 1. The molecule has 0 saturated heterocycles. The number of likely N-dealkylation sites (N-methyl/N-ethyl adjacent to an activating group) is 1. The topological polar surface area (TPSA) is 77.2 Å². The lowest BCUT2D eigenvalue weighted by atomic mass is 10.0. The quantitative estimate of drug-likeness (QED) is 0.637. The Kier molecular flexibility index (Phi) is 6.06. The second-order valence-electron chi connectivity index (χ2n) is 6.17. The number of ether oxygens (including phenoxy) is 3. The van der Waals surface area contributed by atoms with Crippen molar-refractivity contribution in [3.05, 3.63) is 42.6 Å². The van der Waals surface area contributed by atoms with Gasteiger partial charge in [0.15, 0.2) is 17.3 Å². The summed E-state index contributed by atoms with van der Waals surface area (Å²) in [6, 6.07) is 11.6. The van der Waals surface area contributed by atoms with Crippen molar-refractivity contribution in [2.75, 3.05) is 46.4 Å². The molecule has 0 saturated carbocycles. The number of rotatable bonds is 8. The van der Waals surface area contributed by atoms with Gasteiger partial charge >= 0.3 is 0 Å². The third-order valence-corrected chi connectivity index (χ3v) is 4.55. The second-order valence-corrected chi connectivity index (χ2v) is 6.17. The maximum atomic E-state index is 9.10. The minimum absolute atomic E-state index is 0.106. The van der Waals surface area contributed by atoms with Crippen LogP contribution in [0.2, 0.25) is 0 Å². The molecule has 0 amide bonds. The standard InChI is InChI=1S/C21H24N2O5/c1-23(9-10-24)16-7-5-14(6-8-16)17-13-22-28-20(17)15-11-18(25-2)21(27-4)19(12-15)26-3/h5-8,11-13,24H,9-10H2,1-4H3. The molecule has 1 aromatic heterocycles. The molecule has 1 N–H and O–H groups in total. The van der Waals surface area contributed by atoms with E-state index < -0.39 is 0 Å². The van der Waals surface area contributed by atoms with Crippen LogP contribution >= 0.6 is 0 Å². The lowest BCUT2D eigenvalue weighted by Crippen LogP contribution is -2.20. The van der Waals surface area contributed by atoms with E-state index in [9.17, 15) is 0 Å². The van der Waals surface area contributed by atoms with Gasteiger partial charge in [0.1, 0.15) is 0 Å². The van der Waals surface area contributed by atoms with Gasteiger partial charge in [-0.15, -0.1) is 0 Å². The summed E-state index contributed by atoms with van der Waals surface area (Å²) < 4.78 is 21.8. The highest BCUT2D eigenvalue weighted by Gasteiger charge is 2.19. The summed E-state index contributed by atoms with van der Waals surface area (Å²) in [6.07, 6.45) is 1.69. The van der Waals surface area contributed by atoms with Gasteiger partial charge in [-0.05, 0) is 29.8 Å². The van der Waals surface area contributed by atoms with Crippen LogP contribution in [0.15, 0.2) is 47.1 Å². The number of hydrogen-bond donors (Lipinski definition) is 1. The van der Waals surface area contributed by atoms with Crippen molar-refractivity contribution in [3.8, 4) is 39.7 Å². The van der Waals surface area contributed by atoms with Gasteiger partial charge in [-0.25, -0.2) is 0 Å². The molecule has 148 valence electrons. The van der Waals surface area contributed by atoms with E-state index in [2.05, 4.69) is 5.16 Å². The van der Waals surface area contributed by atoms with E-state index in [0.29, 0.717) is 29.6 Å². The Labute approximate surface area is 164 Å². The summed E-state index contributed by atoms with van der Waals surface area (Å²) in [5.74, 6) is 2.21. The normalized spacial score (nSPS) is 10.6. The molecule has 1 heterocycles. The number of aromatic nitrogens is 1. The highest BCUT2D eigenvalue weighted by atomic mass is 16.5. The first-order valence-electron chi connectivity index (χ1n) is 8.80. The zero-order valence-electron chi connectivity index (χ0n) is 16.4. The van der Waals surface area contributed by atoms with Crippen molar-refractivity contribution in [1.29, 1.82) is 0 Å². The number of methoxy groups -OCH3 is 3. The first kappa shape index (κ1) is 19.6. The Balaban J connectivity index is 2.01. The van der Waals surface area contributed by atoms with E-state index in [1.807, 2.05) is 48.3 Å². The van der Waals surface area contributed by atoms with E-state index in [1.165, 1.54) is 0 Å². The summed E-state index contributed by atoms with van der Waals surface area (Å²) in [5, 5.41) is 13.1. The van der Waals surface area contributed by atoms with Crippen molar-refractivity contribution in [2.24, 2.45) is 0 Å². The number of aliphatic hydroxyl groups is 1. The molecule has 3 rings (SSSR count).